The van der Waals surface area contributed by atoms with Crippen molar-refractivity contribution in [1.29, 1.82) is 0 Å². The van der Waals surface area contributed by atoms with Crippen LogP contribution in [0.3, 0.4) is 0 Å². The van der Waals surface area contributed by atoms with Gasteiger partial charge in [-0.2, -0.15) is 0 Å². The maximum Gasteiger partial charge on any atom is 0.573 e. The number of phenolic OH excluding ortho intramolecular Hbond substituents is 1. The van der Waals surface area contributed by atoms with Crippen molar-refractivity contribution in [3.63, 3.8) is 0 Å². The van der Waals surface area contributed by atoms with Gasteiger partial charge >= 0.3 is 6.36 Å². The second-order valence-electron chi connectivity index (χ2n) is 6.17. The Bertz CT molecular complexity index is 525. The van der Waals surface area contributed by atoms with E-state index >= 15 is 0 Å². The third-order valence-corrected chi connectivity index (χ3v) is 3.90. The van der Waals surface area contributed by atoms with Crippen LogP contribution in [0, 0.1) is 5.92 Å². The minimum absolute atomic E-state index is 0. The molecule has 0 amide bonds. The summed E-state index contributed by atoms with van der Waals surface area (Å²) in [7, 11) is 0. The smallest absolute Gasteiger partial charge is 0.504 e. The summed E-state index contributed by atoms with van der Waals surface area (Å²) in [6.45, 7) is 7.36. The number of piperazine rings is 1. The Morgan fingerprint density at radius 3 is 2.32 bits per heavy atom. The maximum absolute atomic E-state index is 12.5. The number of aromatic hydroxyl groups is 1. The number of phenols is 1. The number of para-hydroxylation sites is 1. The summed E-state index contributed by atoms with van der Waals surface area (Å²) in [4.78, 5) is 2.20. The van der Waals surface area contributed by atoms with E-state index in [-0.39, 0.29) is 30.9 Å². The first kappa shape index (κ1) is 24.1. The van der Waals surface area contributed by atoms with Gasteiger partial charge in [0.25, 0.3) is 0 Å². The van der Waals surface area contributed by atoms with Gasteiger partial charge in [-0.3, -0.25) is 4.90 Å². The molecule has 146 valence electrons. The summed E-state index contributed by atoms with van der Waals surface area (Å²) in [5.41, 5.74) is 0.488. The summed E-state index contributed by atoms with van der Waals surface area (Å²) in [5, 5.41) is 13.6. The third-order valence-electron chi connectivity index (χ3n) is 3.90. The Labute approximate surface area is 158 Å². The molecule has 1 atom stereocenters. The predicted octanol–water partition coefficient (Wildman–Crippen LogP) is 4.13. The van der Waals surface area contributed by atoms with Gasteiger partial charge in [0.1, 0.15) is 0 Å². The van der Waals surface area contributed by atoms with Crippen LogP contribution in [0.15, 0.2) is 18.2 Å². The van der Waals surface area contributed by atoms with Crippen LogP contribution in [0.25, 0.3) is 0 Å². The van der Waals surface area contributed by atoms with E-state index in [9.17, 15) is 18.3 Å². The highest BCUT2D eigenvalue weighted by atomic mass is 35.5. The second kappa shape index (κ2) is 10.3. The molecule has 2 N–H and O–H groups in total. The molecule has 1 aromatic rings. The number of ether oxygens (including phenoxy) is 1. The largest absolute Gasteiger partial charge is 0.573 e. The van der Waals surface area contributed by atoms with Crippen molar-refractivity contribution in [2.24, 2.45) is 5.92 Å². The number of rotatable bonds is 5. The third kappa shape index (κ3) is 7.09. The molecule has 2 rings (SSSR count). The highest BCUT2D eigenvalue weighted by Crippen LogP contribution is 2.40. The molecule has 0 saturated carbocycles. The van der Waals surface area contributed by atoms with Crippen LogP contribution in [0.1, 0.15) is 31.9 Å². The van der Waals surface area contributed by atoms with Gasteiger partial charge in [0.2, 0.25) is 0 Å². The molecule has 1 fully saturated rings. The van der Waals surface area contributed by atoms with E-state index in [2.05, 4.69) is 28.8 Å². The topological polar surface area (TPSA) is 44.7 Å². The Morgan fingerprint density at radius 1 is 1.20 bits per heavy atom. The Hall–Kier alpha value is -0.890. The first-order valence-electron chi connectivity index (χ1n) is 7.80. The molecule has 1 aliphatic heterocycles. The van der Waals surface area contributed by atoms with Crippen LogP contribution in [0.2, 0.25) is 0 Å². The van der Waals surface area contributed by atoms with Gasteiger partial charge in [0, 0.05) is 37.8 Å². The van der Waals surface area contributed by atoms with E-state index in [1.165, 1.54) is 6.07 Å². The summed E-state index contributed by atoms with van der Waals surface area (Å²) in [6.07, 6.45) is -4.07. The molecule has 0 radical (unpaired) electrons. The van der Waals surface area contributed by atoms with Gasteiger partial charge in [-0.1, -0.05) is 26.0 Å². The summed E-state index contributed by atoms with van der Waals surface area (Å²) in [6, 6.07) is 4.17. The van der Waals surface area contributed by atoms with Crippen molar-refractivity contribution in [2.45, 2.75) is 32.7 Å². The fourth-order valence-electron chi connectivity index (χ4n) is 2.93. The van der Waals surface area contributed by atoms with E-state index in [0.29, 0.717) is 11.5 Å². The van der Waals surface area contributed by atoms with Crippen molar-refractivity contribution >= 4 is 24.8 Å². The minimum atomic E-state index is -4.82. The van der Waals surface area contributed by atoms with E-state index in [1.54, 1.807) is 6.07 Å². The zero-order valence-electron chi connectivity index (χ0n) is 14.2. The average Bonchev–Trinajstić information content (AvgIpc) is 2.47. The minimum Gasteiger partial charge on any atom is -0.504 e. The number of hydrogen-bond acceptors (Lipinski definition) is 4. The fourth-order valence-corrected chi connectivity index (χ4v) is 2.93. The molecule has 1 aliphatic rings. The van der Waals surface area contributed by atoms with Crippen molar-refractivity contribution in [3.8, 4) is 11.5 Å². The SMILES string of the molecule is CC(C)C[C@H](c1cccc(OC(F)(F)F)c1O)N1CCNCC1.Cl.Cl. The Balaban J connectivity index is 0.00000288. The van der Waals surface area contributed by atoms with E-state index in [1.807, 2.05) is 0 Å². The maximum atomic E-state index is 12.5. The van der Waals surface area contributed by atoms with Crippen LogP contribution >= 0.6 is 24.8 Å². The summed E-state index contributed by atoms with van der Waals surface area (Å²) in [5.74, 6) is -0.616. The van der Waals surface area contributed by atoms with Gasteiger partial charge in [-0.15, -0.1) is 38.0 Å². The Kier molecular flexibility index (Phi) is 9.94. The van der Waals surface area contributed by atoms with E-state index in [4.69, 9.17) is 0 Å². The van der Waals surface area contributed by atoms with Gasteiger partial charge in [0.05, 0.1) is 0 Å². The number of nitrogens with zero attached hydrogens (tertiary/aromatic N) is 1. The standard InChI is InChI=1S/C16H23F3N2O2.2ClH/c1-11(2)10-13(21-8-6-20-7-9-21)12-4-3-5-14(15(12)22)23-16(17,18)19;;/h3-5,11,13,20,22H,6-10H2,1-2H3;2*1H/t13-;;/m1../s1. The van der Waals surface area contributed by atoms with Crippen LogP contribution in [0.4, 0.5) is 13.2 Å². The molecule has 0 spiro atoms. The molecular weight excluding hydrogens is 380 g/mol. The average molecular weight is 405 g/mol. The lowest BCUT2D eigenvalue weighted by molar-refractivity contribution is -0.275. The lowest BCUT2D eigenvalue weighted by Gasteiger charge is -2.36. The molecule has 4 nitrogen and oxygen atoms in total. The first-order chi connectivity index (χ1) is 10.8. The molecule has 0 aliphatic carbocycles. The predicted molar refractivity (Wildman–Crippen MR) is 95.9 cm³/mol. The zero-order valence-corrected chi connectivity index (χ0v) is 15.8. The number of alkyl halides is 3. The number of hydrogen-bond donors (Lipinski definition) is 2. The number of nitrogens with one attached hydrogen (secondary N) is 1. The zero-order chi connectivity index (χ0) is 17.0. The highest BCUT2D eigenvalue weighted by molar-refractivity contribution is 5.85. The second-order valence-corrected chi connectivity index (χ2v) is 6.17. The van der Waals surface area contributed by atoms with E-state index in [0.717, 1.165) is 38.7 Å². The van der Waals surface area contributed by atoms with Crippen LogP contribution in [0.5, 0.6) is 11.5 Å². The van der Waals surface area contributed by atoms with E-state index < -0.39 is 17.9 Å². The normalized spacial score (nSPS) is 16.7. The quantitative estimate of drug-likeness (QED) is 0.774. The van der Waals surface area contributed by atoms with Crippen molar-refractivity contribution in [1.82, 2.24) is 10.2 Å². The molecule has 0 aromatic heterocycles. The van der Waals surface area contributed by atoms with Gasteiger partial charge in [0.15, 0.2) is 11.5 Å². The number of halogens is 5. The molecule has 25 heavy (non-hydrogen) atoms. The van der Waals surface area contributed by atoms with Gasteiger partial charge < -0.3 is 15.2 Å². The van der Waals surface area contributed by atoms with Crippen LogP contribution in [-0.2, 0) is 0 Å². The number of benzene rings is 1. The Morgan fingerprint density at radius 2 is 1.80 bits per heavy atom. The van der Waals surface area contributed by atoms with Crippen molar-refractivity contribution < 1.29 is 23.0 Å². The van der Waals surface area contributed by atoms with Crippen LogP contribution < -0.4 is 10.1 Å². The lowest BCUT2D eigenvalue weighted by atomic mass is 9.94. The molecule has 0 unspecified atom stereocenters. The highest BCUT2D eigenvalue weighted by Gasteiger charge is 2.34. The molecule has 1 heterocycles. The first-order valence-corrected chi connectivity index (χ1v) is 7.80. The molecule has 1 aromatic carbocycles. The van der Waals surface area contributed by atoms with Crippen molar-refractivity contribution in [3.05, 3.63) is 23.8 Å². The summed E-state index contributed by atoms with van der Waals surface area (Å²) >= 11 is 0. The van der Waals surface area contributed by atoms with Gasteiger partial charge in [-0.05, 0) is 18.4 Å². The van der Waals surface area contributed by atoms with Gasteiger partial charge in [-0.25, -0.2) is 0 Å². The molecule has 9 heteroatoms. The monoisotopic (exact) mass is 404 g/mol. The molecule has 1 saturated heterocycles. The van der Waals surface area contributed by atoms with Crippen molar-refractivity contribution in [2.75, 3.05) is 26.2 Å². The molecular formula is C16H25Cl2F3N2O2. The molecule has 0 bridgehead atoms. The van der Waals surface area contributed by atoms with Crippen LogP contribution in [-0.4, -0.2) is 42.5 Å². The fraction of sp³-hybridized carbons (Fsp3) is 0.625. The lowest BCUT2D eigenvalue weighted by Crippen LogP contribution is -2.45. The summed E-state index contributed by atoms with van der Waals surface area (Å²) < 4.78 is 41.3.